The molecule has 0 unspecified atom stereocenters. The Kier molecular flexibility index (Phi) is 2.17. The van der Waals surface area contributed by atoms with Crippen molar-refractivity contribution in [3.8, 4) is 10.4 Å². The van der Waals surface area contributed by atoms with Gasteiger partial charge in [0.1, 0.15) is 11.6 Å². The first-order chi connectivity index (χ1) is 6.65. The van der Waals surface area contributed by atoms with E-state index in [-0.39, 0.29) is 4.87 Å². The molecular formula is C9H5F2NOS. The van der Waals surface area contributed by atoms with E-state index in [2.05, 4.69) is 4.98 Å². The number of hydrogen-bond acceptors (Lipinski definition) is 2. The maximum Gasteiger partial charge on any atom is 0.305 e. The van der Waals surface area contributed by atoms with E-state index in [0.717, 1.165) is 17.4 Å². The van der Waals surface area contributed by atoms with Crippen LogP contribution in [0.2, 0.25) is 0 Å². The molecule has 0 atom stereocenters. The Morgan fingerprint density at radius 3 is 2.29 bits per heavy atom. The molecule has 0 fully saturated rings. The molecule has 5 heteroatoms. The number of aromatic amines is 1. The zero-order chi connectivity index (χ0) is 10.1. The van der Waals surface area contributed by atoms with E-state index in [0.29, 0.717) is 10.4 Å². The average Bonchev–Trinajstić information content (AvgIpc) is 2.50. The number of hydrogen-bond donors (Lipinski definition) is 1. The van der Waals surface area contributed by atoms with Crippen LogP contribution in [0.15, 0.2) is 29.2 Å². The Hall–Kier alpha value is -1.49. The molecular weight excluding hydrogens is 208 g/mol. The molecule has 1 aromatic carbocycles. The van der Waals surface area contributed by atoms with Crippen molar-refractivity contribution in [3.05, 3.63) is 45.7 Å². The molecule has 0 aliphatic carbocycles. The van der Waals surface area contributed by atoms with Crippen LogP contribution < -0.4 is 4.87 Å². The van der Waals surface area contributed by atoms with E-state index in [1.807, 2.05) is 0 Å². The van der Waals surface area contributed by atoms with Gasteiger partial charge >= 0.3 is 4.87 Å². The van der Waals surface area contributed by atoms with Gasteiger partial charge in [-0.1, -0.05) is 11.3 Å². The van der Waals surface area contributed by atoms with Crippen LogP contribution in [0.1, 0.15) is 0 Å². The molecule has 1 aromatic heterocycles. The van der Waals surface area contributed by atoms with E-state index in [1.165, 1.54) is 18.3 Å². The summed E-state index contributed by atoms with van der Waals surface area (Å²) in [5.41, 5.74) is 0.367. The molecule has 72 valence electrons. The van der Waals surface area contributed by atoms with Crippen molar-refractivity contribution < 1.29 is 8.78 Å². The van der Waals surface area contributed by atoms with Gasteiger partial charge in [-0.15, -0.1) is 0 Å². The summed E-state index contributed by atoms with van der Waals surface area (Å²) >= 11 is 0.914. The highest BCUT2D eigenvalue weighted by atomic mass is 32.1. The third kappa shape index (κ3) is 1.72. The van der Waals surface area contributed by atoms with Crippen LogP contribution >= 0.6 is 11.3 Å². The van der Waals surface area contributed by atoms with Gasteiger partial charge in [0.2, 0.25) is 0 Å². The van der Waals surface area contributed by atoms with Gasteiger partial charge in [0.15, 0.2) is 0 Å². The summed E-state index contributed by atoms with van der Waals surface area (Å²) in [5, 5.41) is 0. The van der Waals surface area contributed by atoms with E-state index in [9.17, 15) is 13.6 Å². The molecule has 0 spiro atoms. The molecule has 14 heavy (non-hydrogen) atoms. The topological polar surface area (TPSA) is 32.9 Å². The van der Waals surface area contributed by atoms with Gasteiger partial charge in [-0.25, -0.2) is 8.78 Å². The molecule has 0 saturated heterocycles. The molecule has 2 aromatic rings. The van der Waals surface area contributed by atoms with Crippen molar-refractivity contribution in [2.45, 2.75) is 0 Å². The van der Waals surface area contributed by atoms with Crippen LogP contribution in [0, 0.1) is 11.6 Å². The van der Waals surface area contributed by atoms with E-state index in [1.54, 1.807) is 0 Å². The van der Waals surface area contributed by atoms with Gasteiger partial charge in [-0.3, -0.25) is 4.79 Å². The predicted octanol–water partition coefficient (Wildman–Crippen LogP) is 2.38. The number of halogens is 2. The Morgan fingerprint density at radius 1 is 1.14 bits per heavy atom. The highest BCUT2D eigenvalue weighted by Crippen LogP contribution is 2.22. The second-order valence-electron chi connectivity index (χ2n) is 2.70. The number of rotatable bonds is 1. The maximum absolute atomic E-state index is 12.8. The zero-order valence-electron chi connectivity index (χ0n) is 6.88. The lowest BCUT2D eigenvalue weighted by Gasteiger charge is -1.96. The van der Waals surface area contributed by atoms with Gasteiger partial charge in [0.05, 0.1) is 4.88 Å². The third-order valence-electron chi connectivity index (χ3n) is 1.67. The van der Waals surface area contributed by atoms with Gasteiger partial charge < -0.3 is 4.98 Å². The van der Waals surface area contributed by atoms with Gasteiger partial charge in [-0.05, 0) is 17.7 Å². The minimum absolute atomic E-state index is 0.246. The summed E-state index contributed by atoms with van der Waals surface area (Å²) in [6.07, 6.45) is 1.43. The molecule has 0 saturated carbocycles. The Bertz CT molecular complexity index is 497. The molecule has 0 aliphatic rings. The highest BCUT2D eigenvalue weighted by Gasteiger charge is 2.05. The smallest absolute Gasteiger partial charge is 0.305 e. The molecule has 0 radical (unpaired) electrons. The minimum atomic E-state index is -0.652. The monoisotopic (exact) mass is 213 g/mol. The van der Waals surface area contributed by atoms with Crippen LogP contribution in [-0.4, -0.2) is 4.98 Å². The Labute approximate surface area is 81.8 Å². The number of benzene rings is 1. The fourth-order valence-electron chi connectivity index (χ4n) is 1.12. The third-order valence-corrected chi connectivity index (χ3v) is 2.55. The summed E-state index contributed by atoms with van der Waals surface area (Å²) in [7, 11) is 0. The number of nitrogens with one attached hydrogen (secondary N) is 1. The average molecular weight is 213 g/mol. The summed E-state index contributed by atoms with van der Waals surface area (Å²) in [6.45, 7) is 0. The predicted molar refractivity (Wildman–Crippen MR) is 50.3 cm³/mol. The zero-order valence-corrected chi connectivity index (χ0v) is 7.70. The number of thiazole rings is 1. The summed E-state index contributed by atoms with van der Waals surface area (Å²) in [5.74, 6) is -1.30. The normalized spacial score (nSPS) is 10.4. The molecule has 0 amide bonds. The minimum Gasteiger partial charge on any atom is -0.319 e. The van der Waals surface area contributed by atoms with Crippen LogP contribution in [0.4, 0.5) is 8.78 Å². The van der Waals surface area contributed by atoms with E-state index >= 15 is 0 Å². The molecule has 2 nitrogen and oxygen atoms in total. The number of aromatic nitrogens is 1. The van der Waals surface area contributed by atoms with Crippen molar-refractivity contribution in [3.63, 3.8) is 0 Å². The van der Waals surface area contributed by atoms with E-state index in [4.69, 9.17) is 0 Å². The van der Waals surface area contributed by atoms with Crippen molar-refractivity contribution in [1.82, 2.24) is 4.98 Å². The molecule has 0 bridgehead atoms. The Balaban J connectivity index is 2.56. The lowest BCUT2D eigenvalue weighted by Crippen LogP contribution is -1.88. The van der Waals surface area contributed by atoms with Crippen LogP contribution in [0.25, 0.3) is 10.4 Å². The fourth-order valence-corrected chi connectivity index (χ4v) is 1.79. The Morgan fingerprint density at radius 2 is 1.79 bits per heavy atom. The lowest BCUT2D eigenvalue weighted by atomic mass is 10.2. The molecule has 2 rings (SSSR count). The number of H-pyrrole nitrogens is 1. The maximum atomic E-state index is 12.8. The summed E-state index contributed by atoms with van der Waals surface area (Å²) in [6, 6.07) is 3.16. The van der Waals surface area contributed by atoms with Crippen molar-refractivity contribution in [2.24, 2.45) is 0 Å². The quantitative estimate of drug-likeness (QED) is 0.775. The van der Waals surface area contributed by atoms with Gasteiger partial charge in [-0.2, -0.15) is 0 Å². The van der Waals surface area contributed by atoms with Crippen molar-refractivity contribution in [2.75, 3.05) is 0 Å². The largest absolute Gasteiger partial charge is 0.319 e. The van der Waals surface area contributed by atoms with Crippen molar-refractivity contribution in [1.29, 1.82) is 0 Å². The summed E-state index contributed by atoms with van der Waals surface area (Å²) < 4.78 is 25.6. The molecule has 0 aliphatic heterocycles. The molecule has 1 N–H and O–H groups in total. The lowest BCUT2D eigenvalue weighted by molar-refractivity contribution is 0.584. The standard InChI is InChI=1S/C9H5F2NOS/c10-6-1-5(2-7(11)3-6)8-4-12-9(13)14-8/h1-4H,(H,12,13). The SMILES string of the molecule is O=c1[nH]cc(-c2cc(F)cc(F)c2)s1. The fraction of sp³-hybridized carbons (Fsp3) is 0. The van der Waals surface area contributed by atoms with Crippen molar-refractivity contribution >= 4 is 11.3 Å². The van der Waals surface area contributed by atoms with E-state index < -0.39 is 11.6 Å². The van der Waals surface area contributed by atoms with Crippen LogP contribution in [0.3, 0.4) is 0 Å². The van der Waals surface area contributed by atoms with Gasteiger partial charge in [0, 0.05) is 12.3 Å². The van der Waals surface area contributed by atoms with Crippen LogP contribution in [-0.2, 0) is 0 Å². The summed E-state index contributed by atoms with van der Waals surface area (Å²) in [4.78, 5) is 13.5. The van der Waals surface area contributed by atoms with Gasteiger partial charge in [0.25, 0.3) is 0 Å². The second kappa shape index (κ2) is 3.34. The first-order valence-electron chi connectivity index (χ1n) is 3.80. The first kappa shape index (κ1) is 9.08. The highest BCUT2D eigenvalue weighted by molar-refractivity contribution is 7.12. The first-order valence-corrected chi connectivity index (χ1v) is 4.62. The second-order valence-corrected chi connectivity index (χ2v) is 3.72. The molecule has 1 heterocycles. The van der Waals surface area contributed by atoms with Crippen LogP contribution in [0.5, 0.6) is 0 Å².